The number of halogens is 1. The first-order chi connectivity index (χ1) is 14.1. The van der Waals surface area contributed by atoms with Gasteiger partial charge in [0.2, 0.25) is 5.88 Å². The van der Waals surface area contributed by atoms with E-state index in [2.05, 4.69) is 6.07 Å². The van der Waals surface area contributed by atoms with Gasteiger partial charge in [-0.1, -0.05) is 36.4 Å². The van der Waals surface area contributed by atoms with E-state index in [4.69, 9.17) is 15.2 Å². The van der Waals surface area contributed by atoms with Gasteiger partial charge < -0.3 is 15.2 Å². The van der Waals surface area contributed by atoms with E-state index in [1.165, 1.54) is 12.1 Å². The highest BCUT2D eigenvalue weighted by molar-refractivity contribution is 5.91. The first-order valence-electron chi connectivity index (χ1n) is 8.81. The molecule has 1 unspecified atom stereocenters. The summed E-state index contributed by atoms with van der Waals surface area (Å²) in [6.45, 7) is 0. The number of carbonyl (C=O) groups is 1. The van der Waals surface area contributed by atoms with Crippen molar-refractivity contribution in [2.45, 2.75) is 5.92 Å². The van der Waals surface area contributed by atoms with Crippen molar-refractivity contribution in [1.29, 1.82) is 5.26 Å². The number of hydrogen-bond acceptors (Lipinski definition) is 5. The first-order valence-corrected chi connectivity index (χ1v) is 8.81. The maximum Gasteiger partial charge on any atom is 0.343 e. The molecule has 3 aromatic carbocycles. The number of esters is 1. The minimum Gasteiger partial charge on any atom is -0.440 e. The van der Waals surface area contributed by atoms with Crippen LogP contribution in [0.4, 0.5) is 4.39 Å². The third-order valence-corrected chi connectivity index (χ3v) is 4.61. The highest BCUT2D eigenvalue weighted by atomic mass is 19.1. The van der Waals surface area contributed by atoms with Crippen molar-refractivity contribution in [1.82, 2.24) is 0 Å². The number of ether oxygens (including phenoxy) is 2. The maximum absolute atomic E-state index is 13.3. The van der Waals surface area contributed by atoms with Crippen molar-refractivity contribution >= 4 is 5.97 Å². The number of hydrogen-bond donors (Lipinski definition) is 1. The molecule has 6 heteroatoms. The summed E-state index contributed by atoms with van der Waals surface area (Å²) in [5.41, 5.74) is 7.98. The van der Waals surface area contributed by atoms with Crippen LogP contribution in [0.1, 0.15) is 27.4 Å². The first kappa shape index (κ1) is 18.3. The van der Waals surface area contributed by atoms with Gasteiger partial charge in [0.1, 0.15) is 29.0 Å². The molecule has 0 spiro atoms. The van der Waals surface area contributed by atoms with Crippen LogP contribution in [0.2, 0.25) is 0 Å². The van der Waals surface area contributed by atoms with Gasteiger partial charge in [-0.2, -0.15) is 5.26 Å². The predicted octanol–water partition coefficient (Wildman–Crippen LogP) is 4.26. The number of carbonyl (C=O) groups excluding carboxylic acids is 1. The Balaban J connectivity index is 1.70. The molecule has 0 saturated heterocycles. The highest BCUT2D eigenvalue weighted by Gasteiger charge is 2.31. The molecular weight excluding hydrogens is 371 g/mol. The Kier molecular flexibility index (Phi) is 4.71. The zero-order chi connectivity index (χ0) is 20.4. The topological polar surface area (TPSA) is 85.3 Å². The summed E-state index contributed by atoms with van der Waals surface area (Å²) in [7, 11) is 0. The second-order valence-electron chi connectivity index (χ2n) is 6.43. The van der Waals surface area contributed by atoms with Crippen LogP contribution in [0.5, 0.6) is 11.5 Å². The Morgan fingerprint density at radius 1 is 1.07 bits per heavy atom. The Bertz CT molecular complexity index is 1150. The molecule has 0 aliphatic carbocycles. The van der Waals surface area contributed by atoms with Crippen molar-refractivity contribution in [3.05, 3.63) is 107 Å². The van der Waals surface area contributed by atoms with Crippen molar-refractivity contribution in [2.75, 3.05) is 0 Å². The number of rotatable bonds is 3. The van der Waals surface area contributed by atoms with Crippen LogP contribution in [0.3, 0.4) is 0 Å². The molecule has 1 atom stereocenters. The van der Waals surface area contributed by atoms with Gasteiger partial charge in [0.05, 0.1) is 11.5 Å². The van der Waals surface area contributed by atoms with Crippen LogP contribution in [0, 0.1) is 17.1 Å². The Morgan fingerprint density at radius 3 is 2.48 bits per heavy atom. The molecule has 0 amide bonds. The smallest absolute Gasteiger partial charge is 0.343 e. The van der Waals surface area contributed by atoms with E-state index in [1.54, 1.807) is 60.7 Å². The lowest BCUT2D eigenvalue weighted by Gasteiger charge is -2.26. The average Bonchev–Trinajstić information content (AvgIpc) is 2.74. The molecule has 142 valence electrons. The predicted molar refractivity (Wildman–Crippen MR) is 104 cm³/mol. The van der Waals surface area contributed by atoms with E-state index in [9.17, 15) is 14.4 Å². The van der Waals surface area contributed by atoms with Crippen LogP contribution < -0.4 is 15.2 Å². The summed E-state index contributed by atoms with van der Waals surface area (Å²) in [6, 6.07) is 21.4. The van der Waals surface area contributed by atoms with Crippen molar-refractivity contribution in [3.63, 3.8) is 0 Å². The van der Waals surface area contributed by atoms with E-state index in [1.807, 2.05) is 0 Å². The van der Waals surface area contributed by atoms with Gasteiger partial charge in [0.25, 0.3) is 0 Å². The highest BCUT2D eigenvalue weighted by Crippen LogP contribution is 2.43. The third kappa shape index (κ3) is 3.54. The number of nitrogens with zero attached hydrogens (tertiary/aromatic N) is 1. The van der Waals surface area contributed by atoms with E-state index in [0.717, 1.165) is 0 Å². The van der Waals surface area contributed by atoms with Crippen LogP contribution in [0.15, 0.2) is 84.3 Å². The van der Waals surface area contributed by atoms with Crippen LogP contribution >= 0.6 is 0 Å². The summed E-state index contributed by atoms with van der Waals surface area (Å²) < 4.78 is 24.4. The molecule has 1 aliphatic rings. The van der Waals surface area contributed by atoms with E-state index in [0.29, 0.717) is 22.4 Å². The van der Waals surface area contributed by atoms with Gasteiger partial charge in [-0.05, 0) is 35.9 Å². The number of nitriles is 1. The quantitative estimate of drug-likeness (QED) is 0.537. The lowest BCUT2D eigenvalue weighted by Crippen LogP contribution is -2.21. The van der Waals surface area contributed by atoms with Crippen LogP contribution in [-0.2, 0) is 0 Å². The largest absolute Gasteiger partial charge is 0.440 e. The minimum atomic E-state index is -0.511. The lowest BCUT2D eigenvalue weighted by molar-refractivity contribution is 0.0734. The van der Waals surface area contributed by atoms with Gasteiger partial charge >= 0.3 is 5.97 Å². The number of benzene rings is 3. The standard InChI is InChI=1S/C23H15FN2O3/c24-16-8-6-14(7-9-16)21-18-11-10-17(12-20(18)29-22(26)19(21)13-25)28-23(27)15-4-2-1-3-5-15/h1-12,21H,26H2. The Hall–Kier alpha value is -4.11. The maximum atomic E-state index is 13.3. The average molecular weight is 386 g/mol. The second kappa shape index (κ2) is 7.49. The van der Waals surface area contributed by atoms with Gasteiger partial charge in [-0.3, -0.25) is 0 Å². The fourth-order valence-electron chi connectivity index (χ4n) is 3.24. The monoisotopic (exact) mass is 386 g/mol. The fraction of sp³-hybridized carbons (Fsp3) is 0.0435. The molecule has 2 N–H and O–H groups in total. The minimum absolute atomic E-state index is 0.0409. The molecule has 0 fully saturated rings. The van der Waals surface area contributed by atoms with Crippen LogP contribution in [0.25, 0.3) is 0 Å². The van der Waals surface area contributed by atoms with Crippen molar-refractivity contribution < 1.29 is 18.7 Å². The van der Waals surface area contributed by atoms with Crippen molar-refractivity contribution in [3.8, 4) is 17.6 Å². The summed E-state index contributed by atoms with van der Waals surface area (Å²) in [5.74, 6) is -0.778. The van der Waals surface area contributed by atoms with E-state index in [-0.39, 0.29) is 23.0 Å². The zero-order valence-corrected chi connectivity index (χ0v) is 15.1. The molecule has 0 radical (unpaired) electrons. The van der Waals surface area contributed by atoms with Gasteiger partial charge in [0.15, 0.2) is 0 Å². The lowest BCUT2D eigenvalue weighted by atomic mass is 9.83. The summed E-state index contributed by atoms with van der Waals surface area (Å²) >= 11 is 0. The summed E-state index contributed by atoms with van der Waals surface area (Å²) in [6.07, 6.45) is 0. The SMILES string of the molecule is N#CC1=C(N)Oc2cc(OC(=O)c3ccccc3)ccc2C1c1ccc(F)cc1. The second-order valence-corrected chi connectivity index (χ2v) is 6.43. The summed E-state index contributed by atoms with van der Waals surface area (Å²) in [5, 5.41) is 9.56. The Morgan fingerprint density at radius 2 is 1.79 bits per heavy atom. The van der Waals surface area contributed by atoms with Crippen LogP contribution in [-0.4, -0.2) is 5.97 Å². The Labute approximate surface area is 166 Å². The van der Waals surface area contributed by atoms with Crippen molar-refractivity contribution in [2.24, 2.45) is 5.73 Å². The molecule has 1 aliphatic heterocycles. The number of fused-ring (bicyclic) bond motifs is 1. The van der Waals surface area contributed by atoms with E-state index >= 15 is 0 Å². The third-order valence-electron chi connectivity index (χ3n) is 4.61. The fourth-order valence-corrected chi connectivity index (χ4v) is 3.24. The van der Waals surface area contributed by atoms with Gasteiger partial charge in [-0.25, -0.2) is 9.18 Å². The molecule has 4 rings (SSSR count). The van der Waals surface area contributed by atoms with E-state index < -0.39 is 11.9 Å². The molecule has 1 heterocycles. The number of allylic oxidation sites excluding steroid dienone is 1. The molecule has 0 aromatic heterocycles. The molecule has 3 aromatic rings. The zero-order valence-electron chi connectivity index (χ0n) is 15.1. The molecule has 5 nitrogen and oxygen atoms in total. The van der Waals surface area contributed by atoms with Gasteiger partial charge in [-0.15, -0.1) is 0 Å². The molecule has 29 heavy (non-hydrogen) atoms. The molecular formula is C23H15FN2O3. The molecule has 0 bridgehead atoms. The summed E-state index contributed by atoms with van der Waals surface area (Å²) in [4.78, 5) is 12.3. The molecule has 0 saturated carbocycles. The van der Waals surface area contributed by atoms with Gasteiger partial charge in [0, 0.05) is 11.6 Å². The normalized spacial score (nSPS) is 15.1. The number of nitrogens with two attached hydrogens (primary N) is 1.